The van der Waals surface area contributed by atoms with Crippen molar-refractivity contribution >= 4 is 5.91 Å². The van der Waals surface area contributed by atoms with Crippen LogP contribution in [0.3, 0.4) is 0 Å². The molecule has 134 valence electrons. The molecule has 0 aliphatic heterocycles. The Balaban J connectivity index is 1.58. The van der Waals surface area contributed by atoms with Gasteiger partial charge < -0.3 is 19.3 Å². The number of benzene rings is 1. The van der Waals surface area contributed by atoms with Crippen molar-refractivity contribution in [2.24, 2.45) is 0 Å². The number of methoxy groups -OCH3 is 2. The Morgan fingerprint density at radius 2 is 1.88 bits per heavy atom. The van der Waals surface area contributed by atoms with Crippen LogP contribution < -0.4 is 14.8 Å². The maximum atomic E-state index is 12.3. The lowest BCUT2D eigenvalue weighted by Gasteiger charge is -2.09. The minimum absolute atomic E-state index is 0.202. The summed E-state index contributed by atoms with van der Waals surface area (Å²) in [6.45, 7) is 0.349. The average molecular weight is 354 g/mol. The largest absolute Gasteiger partial charge is 0.481 e. The van der Waals surface area contributed by atoms with Crippen molar-refractivity contribution in [2.45, 2.75) is 6.42 Å². The van der Waals surface area contributed by atoms with E-state index in [0.29, 0.717) is 36.1 Å². The SMILES string of the molecule is COc1ccc(C(=O)NCCc2noc(-c3ccccc3)n2)c(OC)n1. The number of carbonyl (C=O) groups is 1. The predicted octanol–water partition coefficient (Wildman–Crippen LogP) is 2.12. The van der Waals surface area contributed by atoms with Crippen LogP contribution in [-0.2, 0) is 6.42 Å². The van der Waals surface area contributed by atoms with Gasteiger partial charge in [-0.15, -0.1) is 0 Å². The van der Waals surface area contributed by atoms with Gasteiger partial charge in [0.1, 0.15) is 5.56 Å². The zero-order valence-electron chi connectivity index (χ0n) is 14.4. The Kier molecular flexibility index (Phi) is 5.43. The fourth-order valence-corrected chi connectivity index (χ4v) is 2.30. The molecule has 3 rings (SSSR count). The van der Waals surface area contributed by atoms with Gasteiger partial charge in [-0.3, -0.25) is 4.79 Å². The molecule has 2 heterocycles. The fraction of sp³-hybridized carbons (Fsp3) is 0.222. The normalized spacial score (nSPS) is 10.4. The van der Waals surface area contributed by atoms with Crippen molar-refractivity contribution in [3.8, 4) is 23.2 Å². The van der Waals surface area contributed by atoms with Gasteiger partial charge in [0.2, 0.25) is 11.8 Å². The zero-order valence-corrected chi connectivity index (χ0v) is 14.4. The Hall–Kier alpha value is -3.42. The molecule has 0 aliphatic rings. The van der Waals surface area contributed by atoms with E-state index in [9.17, 15) is 4.79 Å². The average Bonchev–Trinajstić information content (AvgIpc) is 3.17. The van der Waals surface area contributed by atoms with E-state index < -0.39 is 0 Å². The van der Waals surface area contributed by atoms with Crippen molar-refractivity contribution in [3.63, 3.8) is 0 Å². The van der Waals surface area contributed by atoms with E-state index in [-0.39, 0.29) is 11.8 Å². The third-order valence-electron chi connectivity index (χ3n) is 3.60. The summed E-state index contributed by atoms with van der Waals surface area (Å²) in [5.74, 6) is 1.24. The van der Waals surface area contributed by atoms with Gasteiger partial charge in [0.15, 0.2) is 5.82 Å². The molecule has 0 fully saturated rings. The third kappa shape index (κ3) is 3.97. The van der Waals surface area contributed by atoms with E-state index in [1.54, 1.807) is 12.1 Å². The monoisotopic (exact) mass is 354 g/mol. The first-order valence-corrected chi connectivity index (χ1v) is 7.96. The zero-order chi connectivity index (χ0) is 18.4. The van der Waals surface area contributed by atoms with Gasteiger partial charge in [-0.05, 0) is 18.2 Å². The summed E-state index contributed by atoms with van der Waals surface area (Å²) in [5.41, 5.74) is 1.18. The van der Waals surface area contributed by atoms with Gasteiger partial charge >= 0.3 is 0 Å². The van der Waals surface area contributed by atoms with Gasteiger partial charge in [0.25, 0.3) is 11.8 Å². The number of aromatic nitrogens is 3. The van der Waals surface area contributed by atoms with Crippen LogP contribution in [0.15, 0.2) is 47.0 Å². The molecule has 1 amide bonds. The summed E-state index contributed by atoms with van der Waals surface area (Å²) in [6.07, 6.45) is 0.438. The van der Waals surface area contributed by atoms with E-state index in [2.05, 4.69) is 20.4 Å². The Morgan fingerprint density at radius 3 is 2.62 bits per heavy atom. The van der Waals surface area contributed by atoms with Gasteiger partial charge in [0, 0.05) is 24.6 Å². The van der Waals surface area contributed by atoms with Crippen LogP contribution in [0.4, 0.5) is 0 Å². The van der Waals surface area contributed by atoms with Crippen molar-refractivity contribution in [1.82, 2.24) is 20.4 Å². The molecule has 1 aromatic carbocycles. The molecule has 26 heavy (non-hydrogen) atoms. The van der Waals surface area contributed by atoms with E-state index in [4.69, 9.17) is 14.0 Å². The van der Waals surface area contributed by atoms with Crippen molar-refractivity contribution < 1.29 is 18.8 Å². The highest BCUT2D eigenvalue weighted by molar-refractivity contribution is 5.96. The molecule has 1 N–H and O–H groups in total. The van der Waals surface area contributed by atoms with Crippen LogP contribution in [0.5, 0.6) is 11.8 Å². The Labute approximate surface area is 150 Å². The van der Waals surface area contributed by atoms with Crippen molar-refractivity contribution in [1.29, 1.82) is 0 Å². The molecular weight excluding hydrogens is 336 g/mol. The van der Waals surface area contributed by atoms with Crippen molar-refractivity contribution in [2.75, 3.05) is 20.8 Å². The van der Waals surface area contributed by atoms with Crippen LogP contribution in [-0.4, -0.2) is 41.8 Å². The molecule has 0 radical (unpaired) electrons. The van der Waals surface area contributed by atoms with Crippen LogP contribution >= 0.6 is 0 Å². The smallest absolute Gasteiger partial charge is 0.257 e. The second kappa shape index (κ2) is 8.11. The summed E-state index contributed by atoms with van der Waals surface area (Å²) in [7, 11) is 2.94. The van der Waals surface area contributed by atoms with Crippen LogP contribution in [0.1, 0.15) is 16.2 Å². The molecule has 0 saturated heterocycles. The fourth-order valence-electron chi connectivity index (χ4n) is 2.30. The first-order valence-electron chi connectivity index (χ1n) is 7.96. The van der Waals surface area contributed by atoms with Gasteiger partial charge in [-0.25, -0.2) is 0 Å². The molecule has 8 nitrogen and oxygen atoms in total. The lowest BCUT2D eigenvalue weighted by atomic mass is 10.2. The van der Waals surface area contributed by atoms with Crippen LogP contribution in [0.25, 0.3) is 11.5 Å². The molecule has 0 unspecified atom stereocenters. The summed E-state index contributed by atoms with van der Waals surface area (Å²) >= 11 is 0. The predicted molar refractivity (Wildman–Crippen MR) is 93.1 cm³/mol. The lowest BCUT2D eigenvalue weighted by Crippen LogP contribution is -2.26. The quantitative estimate of drug-likeness (QED) is 0.694. The van der Waals surface area contributed by atoms with Gasteiger partial charge in [-0.2, -0.15) is 9.97 Å². The van der Waals surface area contributed by atoms with Crippen LogP contribution in [0.2, 0.25) is 0 Å². The number of hydrogen-bond donors (Lipinski definition) is 1. The number of ether oxygens (including phenoxy) is 2. The van der Waals surface area contributed by atoms with Gasteiger partial charge in [-0.1, -0.05) is 23.4 Å². The molecular formula is C18H18N4O4. The summed E-state index contributed by atoms with van der Waals surface area (Å²) in [6, 6.07) is 12.7. The topological polar surface area (TPSA) is 99.4 Å². The summed E-state index contributed by atoms with van der Waals surface area (Å²) < 4.78 is 15.4. The standard InChI is InChI=1S/C18H18N4O4/c1-24-15-9-8-13(18(21-15)25-2)16(23)19-11-10-14-20-17(26-22-14)12-6-4-3-5-7-12/h3-9H,10-11H2,1-2H3,(H,19,23). The number of rotatable bonds is 7. The highest BCUT2D eigenvalue weighted by Gasteiger charge is 2.15. The molecule has 0 aliphatic carbocycles. The molecule has 0 saturated carbocycles. The second-order valence-electron chi connectivity index (χ2n) is 5.30. The maximum Gasteiger partial charge on any atom is 0.257 e. The van der Waals surface area contributed by atoms with E-state index >= 15 is 0 Å². The Bertz CT molecular complexity index is 880. The minimum atomic E-state index is -0.302. The molecule has 0 bridgehead atoms. The molecule has 0 spiro atoms. The lowest BCUT2D eigenvalue weighted by molar-refractivity contribution is 0.0950. The first-order chi connectivity index (χ1) is 12.7. The maximum absolute atomic E-state index is 12.3. The van der Waals surface area contributed by atoms with E-state index in [0.717, 1.165) is 5.56 Å². The highest BCUT2D eigenvalue weighted by atomic mass is 16.5. The number of hydrogen-bond acceptors (Lipinski definition) is 7. The number of carbonyl (C=O) groups excluding carboxylic acids is 1. The second-order valence-corrected chi connectivity index (χ2v) is 5.30. The molecule has 8 heteroatoms. The Morgan fingerprint density at radius 1 is 1.08 bits per heavy atom. The van der Waals surface area contributed by atoms with Crippen molar-refractivity contribution in [3.05, 3.63) is 53.9 Å². The minimum Gasteiger partial charge on any atom is -0.481 e. The highest BCUT2D eigenvalue weighted by Crippen LogP contribution is 2.19. The van der Waals surface area contributed by atoms with E-state index in [1.807, 2.05) is 30.3 Å². The number of pyridine rings is 1. The number of nitrogens with one attached hydrogen (secondary N) is 1. The first kappa shape index (κ1) is 17.4. The summed E-state index contributed by atoms with van der Waals surface area (Å²) in [4.78, 5) is 20.7. The summed E-state index contributed by atoms with van der Waals surface area (Å²) in [5, 5.41) is 6.71. The third-order valence-corrected chi connectivity index (χ3v) is 3.60. The molecule has 0 atom stereocenters. The van der Waals surface area contributed by atoms with Crippen LogP contribution in [0, 0.1) is 0 Å². The molecule has 2 aromatic heterocycles. The number of nitrogens with zero attached hydrogens (tertiary/aromatic N) is 3. The van der Waals surface area contributed by atoms with E-state index in [1.165, 1.54) is 14.2 Å². The van der Waals surface area contributed by atoms with Gasteiger partial charge in [0.05, 0.1) is 14.2 Å². The molecule has 3 aromatic rings. The number of amides is 1.